The van der Waals surface area contributed by atoms with E-state index < -0.39 is 0 Å². The van der Waals surface area contributed by atoms with Gasteiger partial charge >= 0.3 is 0 Å². The average Bonchev–Trinajstić information content (AvgIpc) is 3.96. The van der Waals surface area contributed by atoms with E-state index in [0.29, 0.717) is 0 Å². The van der Waals surface area contributed by atoms with Crippen LogP contribution in [-0.4, -0.2) is 22.4 Å². The van der Waals surface area contributed by atoms with Gasteiger partial charge in [-0.05, 0) is 36.8 Å². The smallest absolute Gasteiger partial charge is 0.159 e. The van der Waals surface area contributed by atoms with Crippen molar-refractivity contribution in [1.29, 1.82) is 0 Å². The molecule has 3 aromatic heterocycles. The van der Waals surface area contributed by atoms with Crippen LogP contribution < -0.4 is 5.32 Å². The van der Waals surface area contributed by atoms with Crippen molar-refractivity contribution in [3.63, 3.8) is 0 Å². The van der Waals surface area contributed by atoms with Gasteiger partial charge in [-0.2, -0.15) is 0 Å². The minimum Gasteiger partial charge on any atom is -0.455 e. The molecular weight excluding hydrogens is 717 g/mol. The number of nitrogens with zero attached hydrogens (tertiary/aromatic N) is 3. The number of fused-ring (bicyclic) bond motifs is 9. The molecule has 2 atom stereocenters. The molecule has 6 heteroatoms. The van der Waals surface area contributed by atoms with Gasteiger partial charge in [-0.3, -0.25) is 0 Å². The summed E-state index contributed by atoms with van der Waals surface area (Å²) < 4.78 is 11.9. The number of aliphatic imine (C=N–C) groups is 2. The van der Waals surface area contributed by atoms with Gasteiger partial charge in [0.15, 0.2) is 5.84 Å². The van der Waals surface area contributed by atoms with E-state index in [1.807, 2.05) is 29.5 Å². The van der Waals surface area contributed by atoms with Crippen LogP contribution in [-0.2, 0) is 0 Å². The number of hydrogen-bond donors (Lipinski definition) is 1. The summed E-state index contributed by atoms with van der Waals surface area (Å²) in [5.74, 6) is 1.71. The summed E-state index contributed by atoms with van der Waals surface area (Å²) in [6.45, 7) is 0. The number of amidine groups is 2. The zero-order valence-corrected chi connectivity index (χ0v) is 31.6. The molecule has 7 aromatic carbocycles. The van der Waals surface area contributed by atoms with Crippen molar-refractivity contribution in [2.75, 3.05) is 0 Å². The highest BCUT2D eigenvalue weighted by Gasteiger charge is 2.28. The number of hydrogen-bond acceptors (Lipinski definition) is 5. The van der Waals surface area contributed by atoms with Gasteiger partial charge in [0.2, 0.25) is 0 Å². The molecule has 12 rings (SSSR count). The van der Waals surface area contributed by atoms with E-state index in [4.69, 9.17) is 14.4 Å². The molecule has 0 saturated carbocycles. The van der Waals surface area contributed by atoms with Crippen molar-refractivity contribution in [2.45, 2.75) is 12.6 Å². The summed E-state index contributed by atoms with van der Waals surface area (Å²) in [5.41, 5.74) is 9.46. The molecule has 57 heavy (non-hydrogen) atoms. The number of nitrogens with one attached hydrogen (secondary N) is 1. The SMILES string of the molecule is C1=CCC(C2N=C(c3ccccc3)N=C(c3cccc4c3oc3c(-c5cccc6c5sc5cc(-n7c8ccccc8c8ccccc87)ccc56)cccc34)N2)C=C1. The van der Waals surface area contributed by atoms with E-state index in [9.17, 15) is 0 Å². The third kappa shape index (κ3) is 5.07. The Labute approximate surface area is 332 Å². The summed E-state index contributed by atoms with van der Waals surface area (Å²) >= 11 is 1.85. The van der Waals surface area contributed by atoms with E-state index in [1.165, 1.54) is 47.5 Å². The highest BCUT2D eigenvalue weighted by Crippen LogP contribution is 2.45. The Hall–Kier alpha value is -7.02. The highest BCUT2D eigenvalue weighted by molar-refractivity contribution is 7.26. The normalized spacial score (nSPS) is 16.9. The Balaban J connectivity index is 1.00. The summed E-state index contributed by atoms with van der Waals surface area (Å²) in [5, 5.41) is 10.9. The maximum absolute atomic E-state index is 7.03. The van der Waals surface area contributed by atoms with Gasteiger partial charge in [-0.1, -0.05) is 146 Å². The molecule has 1 aliphatic heterocycles. The molecule has 270 valence electrons. The van der Waals surface area contributed by atoms with E-state index >= 15 is 0 Å². The standard InChI is InChI=1S/C51H34N4OS/c1-3-14-31(15-4-1)49-52-50(32-16-5-2-6-17-32)54-51(53-49)42-25-12-21-38-37-20-11-22-39(46(37)56-47(38)42)41-24-13-23-40-36-29-28-33(30-45(36)57-48(40)41)55-43-26-9-7-18-34(43)35-19-8-10-27-44(35)55/h1-16,18-30,32,50H,17H2,(H,52,53,54). The van der Waals surface area contributed by atoms with Crippen molar-refractivity contribution in [3.05, 3.63) is 187 Å². The van der Waals surface area contributed by atoms with Crippen LogP contribution in [0.15, 0.2) is 190 Å². The van der Waals surface area contributed by atoms with Gasteiger partial charge < -0.3 is 14.3 Å². The molecule has 5 nitrogen and oxygen atoms in total. The average molecular weight is 751 g/mol. The number of rotatable bonds is 5. The monoisotopic (exact) mass is 750 g/mol. The molecule has 4 heterocycles. The summed E-state index contributed by atoms with van der Waals surface area (Å²) in [6, 6.07) is 54.1. The van der Waals surface area contributed by atoms with Crippen molar-refractivity contribution in [3.8, 4) is 16.8 Å². The van der Waals surface area contributed by atoms with Gasteiger partial charge in [-0.25, -0.2) is 9.98 Å². The third-order valence-corrected chi connectivity index (χ3v) is 12.8. The van der Waals surface area contributed by atoms with Crippen molar-refractivity contribution in [1.82, 2.24) is 9.88 Å². The minimum atomic E-state index is -0.162. The van der Waals surface area contributed by atoms with Crippen LogP contribution in [0.3, 0.4) is 0 Å². The maximum Gasteiger partial charge on any atom is 0.159 e. The quantitative estimate of drug-likeness (QED) is 0.190. The molecule has 0 bridgehead atoms. The second-order valence-corrected chi connectivity index (χ2v) is 15.9. The number of thiophene rings is 1. The van der Waals surface area contributed by atoms with Crippen LogP contribution in [0.1, 0.15) is 17.5 Å². The fraction of sp³-hybridized carbons (Fsp3) is 0.0588. The second kappa shape index (κ2) is 12.8. The first-order chi connectivity index (χ1) is 28.3. The minimum absolute atomic E-state index is 0.162. The third-order valence-electron chi connectivity index (χ3n) is 11.6. The van der Waals surface area contributed by atoms with Crippen LogP contribution >= 0.6 is 11.3 Å². The number of allylic oxidation sites excluding steroid dienone is 3. The first-order valence-corrected chi connectivity index (χ1v) is 20.3. The molecular formula is C51H34N4OS. The van der Waals surface area contributed by atoms with Crippen LogP contribution in [0.25, 0.3) is 80.7 Å². The molecule has 0 spiro atoms. The second-order valence-electron chi connectivity index (χ2n) is 14.9. The molecule has 1 N–H and O–H groups in total. The Morgan fingerprint density at radius 3 is 2.02 bits per heavy atom. The van der Waals surface area contributed by atoms with E-state index in [-0.39, 0.29) is 12.1 Å². The number of aromatic nitrogens is 1. The fourth-order valence-electron chi connectivity index (χ4n) is 8.93. The Bertz CT molecular complexity index is 3320. The van der Waals surface area contributed by atoms with Gasteiger partial charge in [0.05, 0.1) is 16.6 Å². The predicted octanol–water partition coefficient (Wildman–Crippen LogP) is 13.0. The lowest BCUT2D eigenvalue weighted by Gasteiger charge is -2.28. The van der Waals surface area contributed by atoms with Crippen molar-refractivity contribution in [2.24, 2.45) is 15.9 Å². The number of para-hydroxylation sites is 4. The Kier molecular flexibility index (Phi) is 7.22. The van der Waals surface area contributed by atoms with Crippen molar-refractivity contribution < 1.29 is 4.42 Å². The van der Waals surface area contributed by atoms with E-state index in [0.717, 1.165) is 62.4 Å². The molecule has 0 amide bonds. The topological polar surface area (TPSA) is 54.8 Å². The molecule has 0 saturated heterocycles. The maximum atomic E-state index is 7.03. The first-order valence-electron chi connectivity index (χ1n) is 19.5. The zero-order valence-electron chi connectivity index (χ0n) is 30.8. The highest BCUT2D eigenvalue weighted by atomic mass is 32.1. The fourth-order valence-corrected chi connectivity index (χ4v) is 10.2. The largest absolute Gasteiger partial charge is 0.455 e. The van der Waals surface area contributed by atoms with Crippen molar-refractivity contribution >= 4 is 86.9 Å². The number of benzene rings is 7. The van der Waals surface area contributed by atoms with Gasteiger partial charge in [0.25, 0.3) is 0 Å². The molecule has 1 aliphatic carbocycles. The van der Waals surface area contributed by atoms with E-state index in [1.54, 1.807) is 0 Å². The summed E-state index contributed by atoms with van der Waals surface area (Å²) in [6.07, 6.45) is 9.41. The van der Waals surface area contributed by atoms with Crippen LogP contribution in [0.2, 0.25) is 0 Å². The molecule has 0 radical (unpaired) electrons. The lowest BCUT2D eigenvalue weighted by atomic mass is 9.96. The van der Waals surface area contributed by atoms with Crippen LogP contribution in [0.5, 0.6) is 0 Å². The lowest BCUT2D eigenvalue weighted by Crippen LogP contribution is -2.43. The molecule has 10 aromatic rings. The first kappa shape index (κ1) is 32.2. The van der Waals surface area contributed by atoms with Gasteiger partial charge in [0.1, 0.15) is 23.2 Å². The van der Waals surface area contributed by atoms with E-state index in [2.05, 4.69) is 168 Å². The lowest BCUT2D eigenvalue weighted by molar-refractivity contribution is 0.475. The van der Waals surface area contributed by atoms with Crippen LogP contribution in [0.4, 0.5) is 0 Å². The molecule has 0 fully saturated rings. The Morgan fingerprint density at radius 1 is 0.596 bits per heavy atom. The molecule has 2 unspecified atom stereocenters. The van der Waals surface area contributed by atoms with Gasteiger partial charge in [-0.15, -0.1) is 11.3 Å². The Morgan fingerprint density at radius 2 is 1.26 bits per heavy atom. The summed E-state index contributed by atoms with van der Waals surface area (Å²) in [7, 11) is 0. The predicted molar refractivity (Wildman–Crippen MR) is 239 cm³/mol. The summed E-state index contributed by atoms with van der Waals surface area (Å²) in [4.78, 5) is 10.3. The van der Waals surface area contributed by atoms with Gasteiger partial charge in [0, 0.05) is 70.0 Å². The number of furan rings is 1. The van der Waals surface area contributed by atoms with Crippen LogP contribution in [0, 0.1) is 5.92 Å². The zero-order chi connectivity index (χ0) is 37.5. The molecule has 2 aliphatic rings.